The van der Waals surface area contributed by atoms with E-state index in [9.17, 15) is 14.4 Å². The molecule has 8 saturated carbocycles. The smallest absolute Gasteiger partial charge is 0.223 e. The molecule has 264 valence electrons. The molecule has 0 heterocycles. The van der Waals surface area contributed by atoms with Crippen molar-refractivity contribution in [2.75, 3.05) is 19.6 Å². The van der Waals surface area contributed by atoms with Gasteiger partial charge >= 0.3 is 0 Å². The first-order chi connectivity index (χ1) is 23.2. The summed E-state index contributed by atoms with van der Waals surface area (Å²) in [6.45, 7) is 1.25. The van der Waals surface area contributed by atoms with Crippen molar-refractivity contribution in [3.8, 4) is 0 Å². The molecule has 1 aromatic rings. The van der Waals surface area contributed by atoms with E-state index in [-0.39, 0.29) is 35.4 Å². The minimum Gasteiger partial charge on any atom is -0.335 e. The molecule has 0 radical (unpaired) electrons. The maximum Gasteiger partial charge on any atom is 0.223 e. The lowest BCUT2D eigenvalue weighted by Gasteiger charge is -2.57. The lowest BCUT2D eigenvalue weighted by Crippen LogP contribution is -2.49. The van der Waals surface area contributed by atoms with E-state index in [1.165, 1.54) is 77.0 Å². The molecule has 0 saturated heterocycles. The second-order valence-corrected chi connectivity index (χ2v) is 18.4. The Bertz CT molecular complexity index is 1220. The average Bonchev–Trinajstić information content (AvgIpc) is 3.02. The van der Waals surface area contributed by atoms with Crippen LogP contribution in [0.4, 0.5) is 0 Å². The van der Waals surface area contributed by atoms with Crippen molar-refractivity contribution in [3.63, 3.8) is 0 Å². The van der Waals surface area contributed by atoms with Crippen molar-refractivity contribution in [1.29, 1.82) is 0 Å². The van der Waals surface area contributed by atoms with Crippen molar-refractivity contribution in [3.05, 3.63) is 35.9 Å². The first kappa shape index (κ1) is 34.4. The summed E-state index contributed by atoms with van der Waals surface area (Å²) in [7, 11) is 0. The van der Waals surface area contributed by atoms with E-state index in [0.29, 0.717) is 50.6 Å². The summed E-state index contributed by atoms with van der Waals surface area (Å²) in [5.41, 5.74) is 13.7. The molecule has 4 N–H and O–H groups in total. The number of rotatable bonds is 18. The molecule has 6 nitrogen and oxygen atoms in total. The molecule has 9 rings (SSSR count). The Morgan fingerprint density at radius 1 is 0.771 bits per heavy atom. The summed E-state index contributed by atoms with van der Waals surface area (Å²) in [6, 6.07) is 9.80. The van der Waals surface area contributed by atoms with Gasteiger partial charge in [0.1, 0.15) is 5.78 Å². The highest BCUT2D eigenvalue weighted by Crippen LogP contribution is 2.62. The zero-order valence-corrected chi connectivity index (χ0v) is 29.6. The van der Waals surface area contributed by atoms with Crippen molar-refractivity contribution >= 4 is 17.5 Å². The van der Waals surface area contributed by atoms with Gasteiger partial charge in [-0.2, -0.15) is 0 Å². The largest absolute Gasteiger partial charge is 0.335 e. The molecule has 8 aliphatic carbocycles. The first-order valence-corrected chi connectivity index (χ1v) is 20.0. The number of nitrogens with zero attached hydrogens (tertiary/aromatic N) is 1. The Morgan fingerprint density at radius 2 is 1.31 bits per heavy atom. The summed E-state index contributed by atoms with van der Waals surface area (Å²) in [6.07, 6.45) is 21.3. The van der Waals surface area contributed by atoms with Gasteiger partial charge in [-0.05, 0) is 167 Å². The molecule has 0 aromatic heterocycles. The minimum absolute atomic E-state index is 0.0644. The number of carbonyl (C=O) groups is 3. The zero-order valence-electron chi connectivity index (χ0n) is 29.6. The third kappa shape index (κ3) is 8.12. The number of hydrogen-bond donors (Lipinski definition) is 2. The third-order valence-electron chi connectivity index (χ3n) is 14.2. The van der Waals surface area contributed by atoms with Crippen LogP contribution in [0, 0.1) is 52.3 Å². The van der Waals surface area contributed by atoms with Crippen LogP contribution in [-0.2, 0) is 20.8 Å². The molecular formula is C42H63N3O3. The molecule has 0 unspecified atom stereocenters. The number of hydrogen-bond acceptors (Lipinski definition) is 5. The van der Waals surface area contributed by atoms with Gasteiger partial charge in [0.05, 0.1) is 12.6 Å². The Morgan fingerprint density at radius 3 is 1.85 bits per heavy atom. The Labute approximate surface area is 289 Å². The Kier molecular flexibility index (Phi) is 10.5. The van der Waals surface area contributed by atoms with Crippen LogP contribution in [0.25, 0.3) is 0 Å². The Balaban J connectivity index is 1.06. The fraction of sp³-hybridized carbons (Fsp3) is 0.786. The van der Waals surface area contributed by atoms with Crippen LogP contribution in [0.2, 0.25) is 0 Å². The van der Waals surface area contributed by atoms with Crippen LogP contribution >= 0.6 is 0 Å². The van der Waals surface area contributed by atoms with E-state index in [4.69, 9.17) is 11.5 Å². The summed E-state index contributed by atoms with van der Waals surface area (Å²) in [5.74, 6) is 5.33. The van der Waals surface area contributed by atoms with E-state index >= 15 is 0 Å². The zero-order chi connectivity index (χ0) is 33.3. The van der Waals surface area contributed by atoms with E-state index in [1.807, 2.05) is 23.1 Å². The molecule has 1 aromatic carbocycles. The molecule has 48 heavy (non-hydrogen) atoms. The van der Waals surface area contributed by atoms with Crippen molar-refractivity contribution < 1.29 is 14.4 Å². The van der Waals surface area contributed by atoms with E-state index < -0.39 is 6.04 Å². The van der Waals surface area contributed by atoms with Gasteiger partial charge in [0.25, 0.3) is 0 Å². The van der Waals surface area contributed by atoms with Gasteiger partial charge in [0.2, 0.25) is 5.91 Å². The van der Waals surface area contributed by atoms with Crippen molar-refractivity contribution in [1.82, 2.24) is 4.90 Å². The fourth-order valence-corrected chi connectivity index (χ4v) is 13.1. The molecule has 0 spiro atoms. The molecule has 8 aliphatic rings. The molecule has 2 atom stereocenters. The second-order valence-electron chi connectivity index (χ2n) is 18.4. The van der Waals surface area contributed by atoms with Gasteiger partial charge in [-0.25, -0.2) is 0 Å². The number of nitrogens with two attached hydrogens (primary N) is 2. The molecular weight excluding hydrogens is 594 g/mol. The fourth-order valence-electron chi connectivity index (χ4n) is 13.1. The topological polar surface area (TPSA) is 106 Å². The quantitative estimate of drug-likeness (QED) is 0.162. The van der Waals surface area contributed by atoms with Crippen LogP contribution in [0.1, 0.15) is 128 Å². The van der Waals surface area contributed by atoms with Crippen LogP contribution in [0.15, 0.2) is 30.3 Å². The van der Waals surface area contributed by atoms with Crippen LogP contribution in [0.3, 0.4) is 0 Å². The highest BCUT2D eigenvalue weighted by molar-refractivity contribution is 5.87. The summed E-state index contributed by atoms with van der Waals surface area (Å²) >= 11 is 0. The number of Topliss-reactive ketones (excluding diaryl/α,β-unsaturated/α-hetero) is 2. The van der Waals surface area contributed by atoms with E-state index in [0.717, 1.165) is 60.3 Å². The number of carbonyl (C=O) groups excluding carboxylic acids is 3. The predicted molar refractivity (Wildman–Crippen MR) is 191 cm³/mol. The molecule has 1 amide bonds. The molecule has 8 fully saturated rings. The molecule has 6 heteroatoms. The Hall–Kier alpha value is -2.05. The summed E-state index contributed by atoms with van der Waals surface area (Å²) in [4.78, 5) is 43.9. The summed E-state index contributed by atoms with van der Waals surface area (Å²) < 4.78 is 0. The third-order valence-corrected chi connectivity index (χ3v) is 14.2. The SMILES string of the molecule is NCCCC[C@H](N)C(=O)C[C@@H](Cc1ccccc1)CN(CC(=O)CCC12CC3CC(CC(C3)C1)C2)C(=O)CC12CC3CC(CC(C3)C1)C2. The molecule has 8 bridgehead atoms. The lowest BCUT2D eigenvalue weighted by atomic mass is 9.48. The van der Waals surface area contributed by atoms with Gasteiger partial charge < -0.3 is 16.4 Å². The minimum atomic E-state index is -0.507. The maximum absolute atomic E-state index is 14.5. The highest BCUT2D eigenvalue weighted by atomic mass is 16.2. The van der Waals surface area contributed by atoms with Gasteiger partial charge in [0, 0.05) is 25.8 Å². The van der Waals surface area contributed by atoms with Gasteiger partial charge in [-0.3, -0.25) is 14.4 Å². The van der Waals surface area contributed by atoms with Crippen LogP contribution < -0.4 is 11.5 Å². The normalized spacial score (nSPS) is 35.5. The van der Waals surface area contributed by atoms with Gasteiger partial charge in [0.15, 0.2) is 5.78 Å². The highest BCUT2D eigenvalue weighted by Gasteiger charge is 2.52. The van der Waals surface area contributed by atoms with Crippen molar-refractivity contribution in [2.45, 2.75) is 134 Å². The standard InChI is InChI=1S/C42H63N3O3/c43-11-5-4-8-38(44)39(47)19-36(12-29-6-2-1-3-7-29)27-45(40(48)26-42-23-33-16-34(24-42)18-35(17-33)25-42)28-37(46)9-10-41-20-30-13-31(21-41)15-32(14-30)22-41/h1-3,6-7,30-36,38H,4-5,8-28,43-44H2/t30?,31?,32?,33?,34?,35?,36-,38+,41?,42?/m1/s1. The second kappa shape index (κ2) is 14.7. The van der Waals surface area contributed by atoms with Gasteiger partial charge in [-0.15, -0.1) is 0 Å². The van der Waals surface area contributed by atoms with Crippen LogP contribution in [0.5, 0.6) is 0 Å². The maximum atomic E-state index is 14.5. The summed E-state index contributed by atoms with van der Waals surface area (Å²) in [5, 5.41) is 0. The van der Waals surface area contributed by atoms with Gasteiger partial charge in [-0.1, -0.05) is 36.8 Å². The molecule has 0 aliphatic heterocycles. The number of ketones is 2. The van der Waals surface area contributed by atoms with Crippen LogP contribution in [-0.4, -0.2) is 48.0 Å². The van der Waals surface area contributed by atoms with E-state index in [1.54, 1.807) is 0 Å². The number of benzene rings is 1. The monoisotopic (exact) mass is 657 g/mol. The average molecular weight is 658 g/mol. The van der Waals surface area contributed by atoms with Crippen molar-refractivity contribution in [2.24, 2.45) is 63.7 Å². The lowest BCUT2D eigenvalue weighted by molar-refractivity contribution is -0.143. The first-order valence-electron chi connectivity index (χ1n) is 20.0. The predicted octanol–water partition coefficient (Wildman–Crippen LogP) is 7.26. The van der Waals surface area contributed by atoms with E-state index in [2.05, 4.69) is 12.1 Å². The number of amides is 1. The number of unbranched alkanes of at least 4 members (excludes halogenated alkanes) is 1.